The number of aromatic nitrogens is 1. The maximum atomic E-state index is 13.7. The smallest absolute Gasteiger partial charge is 0.374 e. The van der Waals surface area contributed by atoms with Gasteiger partial charge in [0, 0.05) is 18.3 Å². The number of aryl methyl sites for hydroxylation is 2. The molecule has 36 heavy (non-hydrogen) atoms. The van der Waals surface area contributed by atoms with Crippen molar-refractivity contribution in [1.29, 1.82) is 0 Å². The molecular formula is C31H31F3N2. The van der Waals surface area contributed by atoms with Crippen molar-refractivity contribution in [1.82, 2.24) is 10.3 Å². The normalized spacial score (nSPS) is 13.5. The van der Waals surface area contributed by atoms with Gasteiger partial charge in [0.25, 0.3) is 0 Å². The van der Waals surface area contributed by atoms with E-state index in [2.05, 4.69) is 54.3 Å². The Bertz CT molecular complexity index is 1210. The zero-order valence-corrected chi connectivity index (χ0v) is 20.5. The van der Waals surface area contributed by atoms with E-state index in [1.165, 1.54) is 5.56 Å². The molecule has 0 bridgehead atoms. The predicted molar refractivity (Wildman–Crippen MR) is 141 cm³/mol. The second-order valence-electron chi connectivity index (χ2n) is 8.82. The molecule has 2 aromatic carbocycles. The molecular weight excluding hydrogens is 457 g/mol. The molecule has 1 atom stereocenters. The molecule has 0 radical (unpaired) electrons. The zero-order chi connectivity index (χ0) is 26.2. The van der Waals surface area contributed by atoms with Crippen LogP contribution in [0.4, 0.5) is 13.2 Å². The van der Waals surface area contributed by atoms with Crippen LogP contribution in [-0.2, 0) is 18.4 Å². The van der Waals surface area contributed by atoms with Crippen LogP contribution in [0.3, 0.4) is 0 Å². The lowest BCUT2D eigenvalue weighted by atomic mass is 9.79. The Hall–Kier alpha value is -3.86. The van der Waals surface area contributed by atoms with Crippen LogP contribution in [0.5, 0.6) is 0 Å². The number of nitrogens with zero attached hydrogens (tertiary/aromatic N) is 1. The first-order chi connectivity index (χ1) is 17.1. The Morgan fingerprint density at radius 1 is 0.917 bits per heavy atom. The summed E-state index contributed by atoms with van der Waals surface area (Å²) in [5, 5.41) is 3.45. The maximum absolute atomic E-state index is 13.7. The molecule has 0 amide bonds. The average molecular weight is 489 g/mol. The minimum atomic E-state index is -4.56. The average Bonchev–Trinajstić information content (AvgIpc) is 2.86. The fraction of sp³-hybridized carbons (Fsp3) is 0.194. The molecule has 1 unspecified atom stereocenters. The Morgan fingerprint density at radius 3 is 2.17 bits per heavy atom. The summed E-state index contributed by atoms with van der Waals surface area (Å²) < 4.78 is 41.0. The lowest BCUT2D eigenvalue weighted by Crippen LogP contribution is -2.45. The molecule has 0 spiro atoms. The quantitative estimate of drug-likeness (QED) is 0.279. The number of hydrogen-bond donors (Lipinski definition) is 1. The first-order valence-electron chi connectivity index (χ1n) is 11.7. The zero-order valence-electron chi connectivity index (χ0n) is 20.5. The van der Waals surface area contributed by atoms with Crippen LogP contribution < -0.4 is 5.32 Å². The number of rotatable bonds is 11. The van der Waals surface area contributed by atoms with E-state index in [1.807, 2.05) is 43.3 Å². The molecule has 1 heterocycles. The SMILES string of the molecule is C=C/C(=C\C(=C)C(Cc1ccccc1)(NC(=C)CCc1ccc(C)cc1)c1ccccn1)C(F)(F)F. The molecule has 0 aliphatic carbocycles. The largest absolute Gasteiger partial charge is 0.416 e. The van der Waals surface area contributed by atoms with Gasteiger partial charge in [-0.2, -0.15) is 13.2 Å². The van der Waals surface area contributed by atoms with Gasteiger partial charge in [-0.15, -0.1) is 0 Å². The van der Waals surface area contributed by atoms with Crippen molar-refractivity contribution in [2.24, 2.45) is 0 Å². The van der Waals surface area contributed by atoms with Crippen molar-refractivity contribution in [2.75, 3.05) is 0 Å². The van der Waals surface area contributed by atoms with Crippen LogP contribution in [0.1, 0.15) is 28.8 Å². The van der Waals surface area contributed by atoms with E-state index in [0.717, 1.165) is 29.7 Å². The Kier molecular flexibility index (Phi) is 8.70. The van der Waals surface area contributed by atoms with Crippen molar-refractivity contribution < 1.29 is 13.2 Å². The van der Waals surface area contributed by atoms with Crippen LogP contribution in [0.25, 0.3) is 0 Å². The highest BCUT2D eigenvalue weighted by Gasteiger charge is 2.39. The molecule has 0 fully saturated rings. The summed E-state index contributed by atoms with van der Waals surface area (Å²) in [7, 11) is 0. The van der Waals surface area contributed by atoms with Gasteiger partial charge in [-0.1, -0.05) is 92.0 Å². The topological polar surface area (TPSA) is 24.9 Å². The standard InChI is InChI=1S/C31H31F3N2/c1-5-28(31(32,33)34)21-24(3)30(29-13-9-10-20-35-29,22-27-11-7-6-8-12-27)36-25(4)16-19-26-17-14-23(2)15-18-26/h5-15,17-18,20-21,36H,1,3-4,16,19,22H2,2H3/b28-21+. The minimum absolute atomic E-state index is 0.216. The highest BCUT2D eigenvalue weighted by molar-refractivity contribution is 5.44. The monoisotopic (exact) mass is 488 g/mol. The van der Waals surface area contributed by atoms with E-state index in [1.54, 1.807) is 18.3 Å². The molecule has 1 N–H and O–H groups in total. The van der Waals surface area contributed by atoms with Crippen molar-refractivity contribution in [3.63, 3.8) is 0 Å². The van der Waals surface area contributed by atoms with Crippen molar-refractivity contribution in [3.8, 4) is 0 Å². The van der Waals surface area contributed by atoms with Gasteiger partial charge in [0.15, 0.2) is 0 Å². The fourth-order valence-corrected chi connectivity index (χ4v) is 4.06. The number of hydrogen-bond acceptors (Lipinski definition) is 2. The first-order valence-corrected chi connectivity index (χ1v) is 11.7. The maximum Gasteiger partial charge on any atom is 0.416 e. The Balaban J connectivity index is 2.04. The second-order valence-corrected chi connectivity index (χ2v) is 8.82. The van der Waals surface area contributed by atoms with Crippen LogP contribution in [0, 0.1) is 6.92 Å². The predicted octanol–water partition coefficient (Wildman–Crippen LogP) is 7.80. The number of pyridine rings is 1. The molecule has 1 aromatic heterocycles. The highest BCUT2D eigenvalue weighted by Crippen LogP contribution is 2.37. The van der Waals surface area contributed by atoms with Gasteiger partial charge < -0.3 is 5.32 Å². The highest BCUT2D eigenvalue weighted by atomic mass is 19.4. The second kappa shape index (κ2) is 11.7. The first kappa shape index (κ1) is 26.7. The molecule has 3 aromatic rings. The fourth-order valence-electron chi connectivity index (χ4n) is 4.06. The van der Waals surface area contributed by atoms with E-state index >= 15 is 0 Å². The van der Waals surface area contributed by atoms with Gasteiger partial charge in [-0.3, -0.25) is 4.98 Å². The molecule has 3 rings (SSSR count). The summed E-state index contributed by atoms with van der Waals surface area (Å²) in [6.45, 7) is 13.7. The van der Waals surface area contributed by atoms with Crippen molar-refractivity contribution >= 4 is 0 Å². The molecule has 0 saturated carbocycles. The summed E-state index contributed by atoms with van der Waals surface area (Å²) in [6, 6.07) is 23.2. The summed E-state index contributed by atoms with van der Waals surface area (Å²) in [5.74, 6) is 0. The van der Waals surface area contributed by atoms with E-state index in [9.17, 15) is 13.2 Å². The molecule has 0 aliphatic heterocycles. The van der Waals surface area contributed by atoms with Crippen LogP contribution >= 0.6 is 0 Å². The van der Waals surface area contributed by atoms with Gasteiger partial charge in [0.05, 0.1) is 11.3 Å². The van der Waals surface area contributed by atoms with Gasteiger partial charge >= 0.3 is 6.18 Å². The molecule has 0 aliphatic rings. The van der Waals surface area contributed by atoms with Crippen molar-refractivity contribution in [3.05, 3.63) is 150 Å². The van der Waals surface area contributed by atoms with Gasteiger partial charge in [0.1, 0.15) is 5.54 Å². The van der Waals surface area contributed by atoms with E-state index < -0.39 is 17.3 Å². The third kappa shape index (κ3) is 6.85. The molecule has 2 nitrogen and oxygen atoms in total. The molecule has 186 valence electrons. The van der Waals surface area contributed by atoms with E-state index in [4.69, 9.17) is 0 Å². The van der Waals surface area contributed by atoms with Gasteiger partial charge in [-0.25, -0.2) is 0 Å². The number of allylic oxidation sites excluding steroid dienone is 3. The molecule has 0 saturated heterocycles. The van der Waals surface area contributed by atoms with Crippen LogP contribution in [0.2, 0.25) is 0 Å². The van der Waals surface area contributed by atoms with E-state index in [0.29, 0.717) is 24.2 Å². The summed E-state index contributed by atoms with van der Waals surface area (Å²) >= 11 is 0. The summed E-state index contributed by atoms with van der Waals surface area (Å²) in [6.07, 6.45) is 0.576. The summed E-state index contributed by atoms with van der Waals surface area (Å²) in [5.41, 5.74) is 2.67. The summed E-state index contributed by atoms with van der Waals surface area (Å²) in [4.78, 5) is 4.54. The van der Waals surface area contributed by atoms with Crippen molar-refractivity contribution in [2.45, 2.75) is 37.9 Å². The lowest BCUT2D eigenvalue weighted by Gasteiger charge is -2.38. The Labute approximate surface area is 211 Å². The third-order valence-corrected chi connectivity index (χ3v) is 6.07. The lowest BCUT2D eigenvalue weighted by molar-refractivity contribution is -0.0882. The third-order valence-electron chi connectivity index (χ3n) is 6.07. The van der Waals surface area contributed by atoms with Crippen LogP contribution in [-0.4, -0.2) is 11.2 Å². The Morgan fingerprint density at radius 2 is 1.58 bits per heavy atom. The van der Waals surface area contributed by atoms with Gasteiger partial charge in [0.2, 0.25) is 0 Å². The minimum Gasteiger partial charge on any atom is -0.374 e. The van der Waals surface area contributed by atoms with Crippen LogP contribution in [0.15, 0.2) is 128 Å². The number of alkyl halides is 3. The van der Waals surface area contributed by atoms with Gasteiger partial charge in [-0.05, 0) is 54.7 Å². The number of benzene rings is 2. The number of nitrogens with one attached hydrogen (secondary N) is 1. The number of halogens is 3. The van der Waals surface area contributed by atoms with E-state index in [-0.39, 0.29) is 5.57 Å². The molecule has 5 heteroatoms.